The Balaban J connectivity index is 5.88. The van der Waals surface area contributed by atoms with Crippen LogP contribution in [-0.2, 0) is 38.1 Å². The first-order valence-corrected chi connectivity index (χ1v) is 11.7. The molecule has 37 heavy (non-hydrogen) atoms. The molecule has 0 bridgehead atoms. The van der Waals surface area contributed by atoms with Crippen LogP contribution in [0.1, 0.15) is 27.7 Å². The van der Waals surface area contributed by atoms with E-state index >= 15 is 0 Å². The van der Waals surface area contributed by atoms with Gasteiger partial charge in [-0.1, -0.05) is 72.9 Å². The third kappa shape index (κ3) is 17.8. The smallest absolute Gasteiger partial charge is 0.330 e. The Morgan fingerprint density at radius 3 is 0.838 bits per heavy atom. The number of carbonyl (C=O) groups is 4. The zero-order valence-corrected chi connectivity index (χ0v) is 21.8. The van der Waals surface area contributed by atoms with Gasteiger partial charge < -0.3 is 18.9 Å². The van der Waals surface area contributed by atoms with Gasteiger partial charge in [0.25, 0.3) is 0 Å². The molecule has 0 saturated heterocycles. The van der Waals surface area contributed by atoms with Gasteiger partial charge in [0.2, 0.25) is 0 Å². The molecule has 200 valence electrons. The number of hydrogen-bond donors (Lipinski definition) is 0. The van der Waals surface area contributed by atoms with Crippen molar-refractivity contribution in [3.05, 3.63) is 97.2 Å². The summed E-state index contributed by atoms with van der Waals surface area (Å²) in [6.45, 7) is 5.70. The van der Waals surface area contributed by atoms with Crippen molar-refractivity contribution in [2.24, 2.45) is 5.41 Å². The Bertz CT molecular complexity index is 801. The summed E-state index contributed by atoms with van der Waals surface area (Å²) in [5.41, 5.74) is -1.37. The van der Waals surface area contributed by atoms with E-state index in [0.29, 0.717) is 0 Å². The summed E-state index contributed by atoms with van der Waals surface area (Å²) in [4.78, 5) is 48.7. The van der Waals surface area contributed by atoms with Gasteiger partial charge in [-0.05, 0) is 27.7 Å². The highest BCUT2D eigenvalue weighted by molar-refractivity contribution is 5.84. The minimum atomic E-state index is -1.37. The van der Waals surface area contributed by atoms with Crippen molar-refractivity contribution in [3.63, 3.8) is 0 Å². The van der Waals surface area contributed by atoms with Crippen molar-refractivity contribution in [1.29, 1.82) is 0 Å². The lowest BCUT2D eigenvalue weighted by atomic mass is 9.92. The Kier molecular flexibility index (Phi) is 18.7. The first kappa shape index (κ1) is 32.8. The fourth-order valence-corrected chi connectivity index (χ4v) is 2.32. The molecule has 8 nitrogen and oxygen atoms in total. The van der Waals surface area contributed by atoms with Crippen LogP contribution in [0.15, 0.2) is 97.2 Å². The third-order valence-electron chi connectivity index (χ3n) is 4.23. The highest BCUT2D eigenvalue weighted by Crippen LogP contribution is 2.22. The fourth-order valence-electron chi connectivity index (χ4n) is 2.32. The summed E-state index contributed by atoms with van der Waals surface area (Å²) in [6, 6.07) is 0. The number of hydrogen-bond acceptors (Lipinski definition) is 8. The molecule has 0 spiro atoms. The number of carbonyl (C=O) groups excluding carboxylic acids is 4. The van der Waals surface area contributed by atoms with E-state index in [1.807, 2.05) is 0 Å². The lowest BCUT2D eigenvalue weighted by molar-refractivity contribution is -0.164. The van der Waals surface area contributed by atoms with E-state index in [9.17, 15) is 19.2 Å². The molecule has 0 aromatic rings. The summed E-state index contributed by atoms with van der Waals surface area (Å²) < 4.78 is 21.3. The molecule has 0 unspecified atom stereocenters. The lowest BCUT2D eigenvalue weighted by Crippen LogP contribution is -2.43. The second-order valence-corrected chi connectivity index (χ2v) is 7.47. The van der Waals surface area contributed by atoms with Crippen LogP contribution in [0, 0.1) is 5.41 Å². The average Bonchev–Trinajstić information content (AvgIpc) is 2.88. The first-order chi connectivity index (χ1) is 17.8. The van der Waals surface area contributed by atoms with Gasteiger partial charge in [0.1, 0.15) is 31.8 Å². The van der Waals surface area contributed by atoms with E-state index < -0.39 is 29.3 Å². The van der Waals surface area contributed by atoms with Crippen LogP contribution >= 0.6 is 0 Å². The normalized spacial score (nSPS) is 12.9. The van der Waals surface area contributed by atoms with E-state index in [1.54, 1.807) is 76.3 Å². The van der Waals surface area contributed by atoms with Crippen LogP contribution < -0.4 is 0 Å². The van der Waals surface area contributed by atoms with Gasteiger partial charge in [0, 0.05) is 24.3 Å². The molecule has 8 heteroatoms. The lowest BCUT2D eigenvalue weighted by Gasteiger charge is -2.31. The number of allylic oxidation sites excluding steroid dienone is 12. The Hall–Kier alpha value is -4.20. The zero-order chi connectivity index (χ0) is 27.8. The van der Waals surface area contributed by atoms with Gasteiger partial charge in [-0.2, -0.15) is 0 Å². The average molecular weight is 513 g/mol. The number of esters is 4. The summed E-state index contributed by atoms with van der Waals surface area (Å²) in [5, 5.41) is 0. The molecule has 0 aliphatic heterocycles. The van der Waals surface area contributed by atoms with Crippen molar-refractivity contribution in [2.45, 2.75) is 27.7 Å². The van der Waals surface area contributed by atoms with Crippen molar-refractivity contribution in [2.75, 3.05) is 26.4 Å². The van der Waals surface area contributed by atoms with E-state index in [0.717, 1.165) is 0 Å². The number of rotatable bonds is 16. The zero-order valence-electron chi connectivity index (χ0n) is 21.8. The molecule has 0 amide bonds. The standard InChI is InChI=1S/C29H36O8/c1-5-9-13-17-25(30)34-21-29(22-35-26(31)18-14-10-6-2,23-36-27(32)19-15-11-7-3)24-37-28(33)20-16-12-8-4/h5-20H,21-24H2,1-4H3/b9-5+,10-6+,11-7+,12-8+,17-13+,18-14+,19-15+,20-16+. The van der Waals surface area contributed by atoms with Crippen molar-refractivity contribution in [1.82, 2.24) is 0 Å². The van der Waals surface area contributed by atoms with Crippen LogP contribution in [0.4, 0.5) is 0 Å². The minimum Gasteiger partial charge on any atom is -0.462 e. The van der Waals surface area contributed by atoms with E-state index in [2.05, 4.69) is 0 Å². The van der Waals surface area contributed by atoms with Gasteiger partial charge in [-0.15, -0.1) is 0 Å². The van der Waals surface area contributed by atoms with Gasteiger partial charge in [0.15, 0.2) is 0 Å². The molecule has 0 heterocycles. The molecule has 0 aromatic heterocycles. The molecular formula is C29H36O8. The van der Waals surface area contributed by atoms with Crippen molar-refractivity contribution < 1.29 is 38.1 Å². The molecule has 0 aliphatic rings. The molecule has 0 radical (unpaired) electrons. The minimum absolute atomic E-state index is 0.365. The fraction of sp³-hybridized carbons (Fsp3) is 0.310. The maximum Gasteiger partial charge on any atom is 0.330 e. The van der Waals surface area contributed by atoms with Crippen molar-refractivity contribution in [3.8, 4) is 0 Å². The highest BCUT2D eigenvalue weighted by atomic mass is 16.6. The highest BCUT2D eigenvalue weighted by Gasteiger charge is 2.37. The molecule has 0 saturated carbocycles. The molecule has 0 N–H and O–H groups in total. The summed E-state index contributed by atoms with van der Waals surface area (Å²) in [7, 11) is 0. The van der Waals surface area contributed by atoms with Crippen LogP contribution in [0.25, 0.3) is 0 Å². The Morgan fingerprint density at radius 1 is 0.432 bits per heavy atom. The summed E-state index contributed by atoms with van der Waals surface area (Å²) in [5.74, 6) is -2.72. The Morgan fingerprint density at radius 2 is 0.649 bits per heavy atom. The van der Waals surface area contributed by atoms with Crippen LogP contribution in [0.3, 0.4) is 0 Å². The molecule has 0 aromatic carbocycles. The topological polar surface area (TPSA) is 105 Å². The molecule has 0 atom stereocenters. The summed E-state index contributed by atoms with van der Waals surface area (Å²) >= 11 is 0. The predicted octanol–water partition coefficient (Wildman–Crippen LogP) is 4.67. The predicted molar refractivity (Wildman–Crippen MR) is 142 cm³/mol. The third-order valence-corrected chi connectivity index (χ3v) is 4.23. The van der Waals surface area contributed by atoms with E-state index in [1.165, 1.54) is 48.6 Å². The second kappa shape index (κ2) is 21.1. The van der Waals surface area contributed by atoms with Gasteiger partial charge in [0.05, 0.1) is 0 Å². The van der Waals surface area contributed by atoms with E-state index in [4.69, 9.17) is 18.9 Å². The SMILES string of the molecule is C/C=C/C=C/C(=O)OCC(COC(=O)/C=C/C=C/C)(COC(=O)/C=C/C=C/C)COC(=O)/C=C/C=C/C. The maximum atomic E-state index is 12.2. The molecule has 0 aliphatic carbocycles. The monoisotopic (exact) mass is 512 g/mol. The van der Waals surface area contributed by atoms with Crippen molar-refractivity contribution >= 4 is 23.9 Å². The second-order valence-electron chi connectivity index (χ2n) is 7.47. The molecular weight excluding hydrogens is 476 g/mol. The number of ether oxygens (including phenoxy) is 4. The maximum absolute atomic E-state index is 12.2. The van der Waals surface area contributed by atoms with Gasteiger partial charge in [-0.3, -0.25) is 0 Å². The van der Waals surface area contributed by atoms with Crippen LogP contribution in [0.5, 0.6) is 0 Å². The molecule has 0 fully saturated rings. The molecule has 0 rings (SSSR count). The largest absolute Gasteiger partial charge is 0.462 e. The van der Waals surface area contributed by atoms with Crippen LogP contribution in [0.2, 0.25) is 0 Å². The van der Waals surface area contributed by atoms with Crippen LogP contribution in [-0.4, -0.2) is 50.3 Å². The van der Waals surface area contributed by atoms with E-state index in [-0.39, 0.29) is 26.4 Å². The van der Waals surface area contributed by atoms with Gasteiger partial charge in [-0.25, -0.2) is 19.2 Å². The summed E-state index contributed by atoms with van der Waals surface area (Å²) in [6.07, 6.45) is 24.3. The first-order valence-electron chi connectivity index (χ1n) is 11.7. The quantitative estimate of drug-likeness (QED) is 0.127. The van der Waals surface area contributed by atoms with Gasteiger partial charge >= 0.3 is 23.9 Å². The Labute approximate surface area is 219 Å².